The molecule has 0 N–H and O–H groups in total. The summed E-state index contributed by atoms with van der Waals surface area (Å²) in [5.41, 5.74) is 1.05. The normalized spacial score (nSPS) is 11.2. The van der Waals surface area contributed by atoms with Crippen molar-refractivity contribution in [3.8, 4) is 0 Å². The Kier molecular flexibility index (Phi) is 1.91. The van der Waals surface area contributed by atoms with Crippen molar-refractivity contribution >= 4 is 6.21 Å². The zero-order valence-electron chi connectivity index (χ0n) is 7.20. The highest BCUT2D eigenvalue weighted by Gasteiger charge is 1.89. The molecule has 0 aliphatic carbocycles. The highest BCUT2D eigenvalue weighted by molar-refractivity contribution is 5.79. The van der Waals surface area contributed by atoms with Crippen LogP contribution < -0.4 is 0 Å². The zero-order valence-corrected chi connectivity index (χ0v) is 7.20. The molecule has 0 aromatic carbocycles. The van der Waals surface area contributed by atoms with Crippen LogP contribution in [0.3, 0.4) is 0 Å². The van der Waals surface area contributed by atoms with Crippen LogP contribution >= 0.6 is 0 Å². The van der Waals surface area contributed by atoms with Crippen LogP contribution in [0.15, 0.2) is 36.2 Å². The summed E-state index contributed by atoms with van der Waals surface area (Å²) in [7, 11) is 1.97. The molecular formula is C8H9N5. The third-order valence-electron chi connectivity index (χ3n) is 1.60. The molecule has 0 unspecified atom stereocenters. The van der Waals surface area contributed by atoms with Gasteiger partial charge in [-0.15, -0.1) is 10.2 Å². The number of rotatable bonds is 2. The van der Waals surface area contributed by atoms with Crippen LogP contribution in [-0.2, 0) is 7.05 Å². The van der Waals surface area contributed by atoms with E-state index in [4.69, 9.17) is 0 Å². The summed E-state index contributed by atoms with van der Waals surface area (Å²) in [6.45, 7) is 0. The molecule has 5 nitrogen and oxygen atoms in total. The Morgan fingerprint density at radius 2 is 2.15 bits per heavy atom. The fourth-order valence-electron chi connectivity index (χ4n) is 0.989. The van der Waals surface area contributed by atoms with Crippen molar-refractivity contribution in [3.63, 3.8) is 0 Å². The molecule has 0 aliphatic heterocycles. The van der Waals surface area contributed by atoms with Gasteiger partial charge in [0.2, 0.25) is 0 Å². The van der Waals surface area contributed by atoms with Gasteiger partial charge in [0.15, 0.2) is 0 Å². The van der Waals surface area contributed by atoms with Gasteiger partial charge in [0, 0.05) is 25.0 Å². The lowest BCUT2D eigenvalue weighted by molar-refractivity contribution is 0.877. The lowest BCUT2D eigenvalue weighted by atomic mass is 10.4. The van der Waals surface area contributed by atoms with E-state index in [-0.39, 0.29) is 0 Å². The summed E-state index contributed by atoms with van der Waals surface area (Å²) in [4.78, 5) is 0. The first-order valence-corrected chi connectivity index (χ1v) is 3.85. The first-order chi connectivity index (χ1) is 6.34. The van der Waals surface area contributed by atoms with Gasteiger partial charge in [0.05, 0.1) is 6.21 Å². The minimum atomic E-state index is 1.05. The molecule has 0 spiro atoms. The minimum Gasteiger partial charge on any atom is -0.357 e. The predicted molar refractivity (Wildman–Crippen MR) is 48.4 cm³/mol. The van der Waals surface area contributed by atoms with Crippen LogP contribution in [0.5, 0.6) is 0 Å². The van der Waals surface area contributed by atoms with Gasteiger partial charge in [-0.2, -0.15) is 5.10 Å². The molecular weight excluding hydrogens is 166 g/mol. The number of aryl methyl sites for hydroxylation is 1. The van der Waals surface area contributed by atoms with E-state index in [0.29, 0.717) is 0 Å². The molecule has 0 aliphatic rings. The van der Waals surface area contributed by atoms with Gasteiger partial charge in [-0.1, -0.05) is 0 Å². The van der Waals surface area contributed by atoms with Gasteiger partial charge in [-0.25, -0.2) is 4.68 Å². The highest BCUT2D eigenvalue weighted by atomic mass is 15.4. The zero-order chi connectivity index (χ0) is 9.10. The van der Waals surface area contributed by atoms with Crippen molar-refractivity contribution in [2.75, 3.05) is 0 Å². The SMILES string of the molecule is Cn1ccc(/C=N/n2cnnc2)c1. The molecule has 2 rings (SSSR count). The van der Waals surface area contributed by atoms with Crippen LogP contribution in [0.4, 0.5) is 0 Å². The van der Waals surface area contributed by atoms with Crippen LogP contribution in [0.1, 0.15) is 5.56 Å². The Morgan fingerprint density at radius 3 is 2.77 bits per heavy atom. The summed E-state index contributed by atoms with van der Waals surface area (Å²) in [5, 5.41) is 11.4. The molecule has 66 valence electrons. The summed E-state index contributed by atoms with van der Waals surface area (Å²) in [5.74, 6) is 0. The Hall–Kier alpha value is -1.91. The Labute approximate surface area is 75.3 Å². The Morgan fingerprint density at radius 1 is 1.38 bits per heavy atom. The summed E-state index contributed by atoms with van der Waals surface area (Å²) in [6.07, 6.45) is 8.78. The van der Waals surface area contributed by atoms with E-state index in [0.717, 1.165) is 5.56 Å². The lowest BCUT2D eigenvalue weighted by Crippen LogP contribution is -1.85. The largest absolute Gasteiger partial charge is 0.357 e. The van der Waals surface area contributed by atoms with Crippen molar-refractivity contribution < 1.29 is 0 Å². The van der Waals surface area contributed by atoms with E-state index in [1.165, 1.54) is 0 Å². The molecule has 0 saturated heterocycles. The molecule has 2 heterocycles. The molecule has 5 heteroatoms. The van der Waals surface area contributed by atoms with Crippen molar-refractivity contribution in [3.05, 3.63) is 36.7 Å². The second-order valence-electron chi connectivity index (χ2n) is 2.70. The second kappa shape index (κ2) is 3.22. The summed E-state index contributed by atoms with van der Waals surface area (Å²) in [6, 6.07) is 1.98. The van der Waals surface area contributed by atoms with Crippen LogP contribution in [-0.4, -0.2) is 25.7 Å². The van der Waals surface area contributed by atoms with Gasteiger partial charge < -0.3 is 4.57 Å². The average Bonchev–Trinajstić information content (AvgIpc) is 2.71. The third kappa shape index (κ3) is 1.81. The summed E-state index contributed by atoms with van der Waals surface area (Å²) >= 11 is 0. The molecule has 0 fully saturated rings. The lowest BCUT2D eigenvalue weighted by Gasteiger charge is -1.87. The average molecular weight is 175 g/mol. The van der Waals surface area contributed by atoms with E-state index in [9.17, 15) is 0 Å². The smallest absolute Gasteiger partial charge is 0.141 e. The van der Waals surface area contributed by atoms with E-state index in [1.807, 2.05) is 30.1 Å². The van der Waals surface area contributed by atoms with E-state index in [2.05, 4.69) is 15.3 Å². The predicted octanol–water partition coefficient (Wildman–Crippen LogP) is 0.499. The third-order valence-corrected chi connectivity index (χ3v) is 1.60. The maximum atomic E-state index is 4.10. The number of aromatic nitrogens is 4. The maximum Gasteiger partial charge on any atom is 0.141 e. The van der Waals surface area contributed by atoms with Crippen LogP contribution in [0.25, 0.3) is 0 Å². The van der Waals surface area contributed by atoms with Crippen LogP contribution in [0, 0.1) is 0 Å². The Bertz CT molecular complexity index is 398. The molecule has 0 radical (unpaired) electrons. The number of nitrogens with zero attached hydrogens (tertiary/aromatic N) is 5. The molecule has 0 saturated carbocycles. The first-order valence-electron chi connectivity index (χ1n) is 3.85. The standard InChI is InChI=1S/C8H9N5/c1-12-3-2-8(5-12)4-11-13-6-9-10-7-13/h2-7H,1H3/b11-4+. The minimum absolute atomic E-state index is 1.05. The van der Waals surface area contributed by atoms with Gasteiger partial charge in [0.25, 0.3) is 0 Å². The monoisotopic (exact) mass is 175 g/mol. The fourth-order valence-corrected chi connectivity index (χ4v) is 0.989. The van der Waals surface area contributed by atoms with E-state index < -0.39 is 0 Å². The van der Waals surface area contributed by atoms with Crippen molar-refractivity contribution in [2.45, 2.75) is 0 Å². The Balaban J connectivity index is 2.14. The van der Waals surface area contributed by atoms with E-state index >= 15 is 0 Å². The van der Waals surface area contributed by atoms with Crippen molar-refractivity contribution in [1.29, 1.82) is 0 Å². The van der Waals surface area contributed by atoms with Crippen LogP contribution in [0.2, 0.25) is 0 Å². The fraction of sp³-hybridized carbons (Fsp3) is 0.125. The molecule has 13 heavy (non-hydrogen) atoms. The molecule has 0 bridgehead atoms. The quantitative estimate of drug-likeness (QED) is 0.624. The number of hydrogen-bond acceptors (Lipinski definition) is 3. The maximum absolute atomic E-state index is 4.10. The summed E-state index contributed by atoms with van der Waals surface area (Å²) < 4.78 is 3.51. The van der Waals surface area contributed by atoms with Crippen molar-refractivity contribution in [2.24, 2.45) is 12.1 Å². The van der Waals surface area contributed by atoms with Gasteiger partial charge in [-0.05, 0) is 6.07 Å². The molecule has 2 aromatic rings. The second-order valence-corrected chi connectivity index (χ2v) is 2.70. The van der Waals surface area contributed by atoms with E-state index in [1.54, 1.807) is 23.5 Å². The first kappa shape index (κ1) is 7.72. The molecule has 0 amide bonds. The molecule has 2 aromatic heterocycles. The number of hydrogen-bond donors (Lipinski definition) is 0. The van der Waals surface area contributed by atoms with Gasteiger partial charge in [0.1, 0.15) is 12.7 Å². The topological polar surface area (TPSA) is 48.0 Å². The van der Waals surface area contributed by atoms with Gasteiger partial charge >= 0.3 is 0 Å². The van der Waals surface area contributed by atoms with Gasteiger partial charge in [-0.3, -0.25) is 0 Å². The molecule has 0 atom stereocenters. The highest BCUT2D eigenvalue weighted by Crippen LogP contribution is 1.95. The van der Waals surface area contributed by atoms with Crippen molar-refractivity contribution in [1.82, 2.24) is 19.4 Å².